The normalized spacial score (nSPS) is 32.9. The van der Waals surface area contributed by atoms with Crippen LogP contribution in [-0.4, -0.2) is 115 Å². The standard InChI is InChI=1S/C26H30O13/c27-10-19-20(32)21(33)22(39-25-23(34)26(35,11-28)12-36-25)24(38-19)37-15-5-1-13(2-6-15)3-8-17(30)16-7-4-14(29)9-18(16)31/h1-9,19-25,27-29,31-35H,10-12H2/b8-3+/t19-,20+,21-,22-,23+,24+,25+,26-/m1/s1. The maximum absolute atomic E-state index is 12.4. The number of hydrogen-bond acceptors (Lipinski definition) is 13. The molecule has 8 atom stereocenters. The van der Waals surface area contributed by atoms with Crippen LogP contribution in [0.2, 0.25) is 0 Å². The van der Waals surface area contributed by atoms with Crippen LogP contribution in [0.5, 0.6) is 17.2 Å². The van der Waals surface area contributed by atoms with E-state index >= 15 is 0 Å². The van der Waals surface area contributed by atoms with Gasteiger partial charge in [0.15, 0.2) is 18.2 Å². The van der Waals surface area contributed by atoms with E-state index in [-0.39, 0.29) is 22.8 Å². The molecule has 2 saturated heterocycles. The molecule has 2 aliphatic heterocycles. The number of aliphatic hydroxyl groups is 6. The van der Waals surface area contributed by atoms with E-state index in [1.165, 1.54) is 36.4 Å². The first-order valence-electron chi connectivity index (χ1n) is 12.0. The van der Waals surface area contributed by atoms with E-state index in [0.29, 0.717) is 5.56 Å². The van der Waals surface area contributed by atoms with E-state index in [9.17, 15) is 45.6 Å². The average Bonchev–Trinajstić information content (AvgIpc) is 3.21. The quantitative estimate of drug-likeness (QED) is 0.134. The minimum Gasteiger partial charge on any atom is -0.508 e. The number of benzene rings is 2. The van der Waals surface area contributed by atoms with Crippen molar-refractivity contribution >= 4 is 11.9 Å². The van der Waals surface area contributed by atoms with E-state index in [2.05, 4.69) is 0 Å². The number of aromatic hydroxyl groups is 2. The predicted octanol–water partition coefficient (Wildman–Crippen LogP) is -1.36. The molecule has 2 aliphatic rings. The van der Waals surface area contributed by atoms with E-state index in [1.54, 1.807) is 12.1 Å². The van der Waals surface area contributed by atoms with Crippen molar-refractivity contribution in [1.29, 1.82) is 0 Å². The third-order valence-electron chi connectivity index (χ3n) is 6.50. The summed E-state index contributed by atoms with van der Waals surface area (Å²) in [4.78, 5) is 12.4. The Morgan fingerprint density at radius 2 is 1.74 bits per heavy atom. The van der Waals surface area contributed by atoms with E-state index < -0.39 is 74.3 Å². The molecule has 0 spiro atoms. The first-order chi connectivity index (χ1) is 18.6. The highest BCUT2D eigenvalue weighted by molar-refractivity contribution is 6.08. The van der Waals surface area contributed by atoms with Crippen LogP contribution in [0.3, 0.4) is 0 Å². The van der Waals surface area contributed by atoms with Crippen LogP contribution < -0.4 is 4.74 Å². The van der Waals surface area contributed by atoms with Crippen molar-refractivity contribution in [2.75, 3.05) is 19.8 Å². The molecule has 0 radical (unpaired) electrons. The fraction of sp³-hybridized carbons (Fsp3) is 0.423. The van der Waals surface area contributed by atoms with Crippen molar-refractivity contribution in [2.45, 2.75) is 48.7 Å². The highest BCUT2D eigenvalue weighted by Gasteiger charge is 2.53. The van der Waals surface area contributed by atoms with Gasteiger partial charge in [-0.2, -0.15) is 0 Å². The van der Waals surface area contributed by atoms with Gasteiger partial charge in [-0.1, -0.05) is 18.2 Å². The minimum absolute atomic E-state index is 0.0115. The Morgan fingerprint density at radius 1 is 1.03 bits per heavy atom. The molecular weight excluding hydrogens is 520 g/mol. The molecule has 4 rings (SSSR count). The SMILES string of the molecule is O=C(/C=C/c1ccc(O[C@H]2O[C@H](CO)[C@H](O)[C@@H](O)[C@H]2O[C@@H]2OC[C@](O)(CO)[C@H]2O)cc1)c1ccc(O)cc1O. The van der Waals surface area contributed by atoms with Gasteiger partial charge in [0, 0.05) is 6.07 Å². The Kier molecular flexibility index (Phi) is 8.86. The summed E-state index contributed by atoms with van der Waals surface area (Å²) in [5, 5.41) is 79.6. The van der Waals surface area contributed by atoms with E-state index in [0.717, 1.165) is 6.07 Å². The first-order valence-corrected chi connectivity index (χ1v) is 12.0. The van der Waals surface area contributed by atoms with Gasteiger partial charge in [-0.25, -0.2) is 0 Å². The van der Waals surface area contributed by atoms with Crippen LogP contribution >= 0.6 is 0 Å². The summed E-state index contributed by atoms with van der Waals surface area (Å²) in [6.45, 7) is -1.91. The van der Waals surface area contributed by atoms with Crippen molar-refractivity contribution in [3.63, 3.8) is 0 Å². The molecule has 0 unspecified atom stereocenters. The molecule has 13 heteroatoms. The smallest absolute Gasteiger partial charge is 0.229 e. The van der Waals surface area contributed by atoms with Crippen LogP contribution in [-0.2, 0) is 14.2 Å². The predicted molar refractivity (Wildman–Crippen MR) is 131 cm³/mol. The van der Waals surface area contributed by atoms with Gasteiger partial charge in [-0.05, 0) is 35.9 Å². The molecule has 0 amide bonds. The molecule has 0 aromatic heterocycles. The molecule has 13 nitrogen and oxygen atoms in total. The summed E-state index contributed by atoms with van der Waals surface area (Å²) in [6, 6.07) is 9.84. The number of allylic oxidation sites excluding steroid dienone is 1. The van der Waals surface area contributed by atoms with Crippen LogP contribution in [0.25, 0.3) is 6.08 Å². The number of hydrogen-bond donors (Lipinski definition) is 8. The molecule has 8 N–H and O–H groups in total. The Bertz CT molecular complexity index is 1170. The summed E-state index contributed by atoms with van der Waals surface area (Å²) < 4.78 is 22.2. The lowest BCUT2D eigenvalue weighted by Crippen LogP contribution is -2.62. The number of carbonyl (C=O) groups is 1. The maximum Gasteiger partial charge on any atom is 0.229 e. The number of phenols is 2. The molecule has 2 aromatic rings. The Labute approximate surface area is 222 Å². The zero-order chi connectivity index (χ0) is 28.3. The molecule has 212 valence electrons. The van der Waals surface area contributed by atoms with Crippen molar-refractivity contribution < 1.29 is 64.6 Å². The van der Waals surface area contributed by atoms with Gasteiger partial charge in [-0.15, -0.1) is 0 Å². The van der Waals surface area contributed by atoms with Crippen molar-refractivity contribution in [3.8, 4) is 17.2 Å². The van der Waals surface area contributed by atoms with Crippen molar-refractivity contribution in [2.24, 2.45) is 0 Å². The lowest BCUT2D eigenvalue weighted by molar-refractivity contribution is -0.318. The molecular formula is C26H30O13. The fourth-order valence-electron chi connectivity index (χ4n) is 4.14. The molecule has 39 heavy (non-hydrogen) atoms. The number of ketones is 1. The van der Waals surface area contributed by atoms with Gasteiger partial charge in [0.05, 0.1) is 25.4 Å². The summed E-state index contributed by atoms with van der Waals surface area (Å²) in [5.74, 6) is -0.810. The second-order valence-corrected chi connectivity index (χ2v) is 9.28. The monoisotopic (exact) mass is 550 g/mol. The summed E-state index contributed by atoms with van der Waals surface area (Å²) in [6.07, 6.45) is -7.74. The Balaban J connectivity index is 1.46. The zero-order valence-electron chi connectivity index (χ0n) is 20.5. The van der Waals surface area contributed by atoms with Crippen LogP contribution in [0.1, 0.15) is 15.9 Å². The van der Waals surface area contributed by atoms with Crippen LogP contribution in [0.15, 0.2) is 48.5 Å². The highest BCUT2D eigenvalue weighted by atomic mass is 16.8. The minimum atomic E-state index is -1.99. The second kappa shape index (κ2) is 12.0. The third-order valence-corrected chi connectivity index (χ3v) is 6.50. The van der Waals surface area contributed by atoms with Gasteiger partial charge in [0.2, 0.25) is 6.29 Å². The van der Waals surface area contributed by atoms with Gasteiger partial charge in [-0.3, -0.25) is 4.79 Å². The molecule has 2 aromatic carbocycles. The lowest BCUT2D eigenvalue weighted by Gasteiger charge is -2.42. The average molecular weight is 551 g/mol. The van der Waals surface area contributed by atoms with Gasteiger partial charge >= 0.3 is 0 Å². The van der Waals surface area contributed by atoms with Crippen molar-refractivity contribution in [3.05, 3.63) is 59.7 Å². The fourth-order valence-corrected chi connectivity index (χ4v) is 4.14. The number of phenolic OH excluding ortho intramolecular Hbond substituents is 2. The van der Waals surface area contributed by atoms with Gasteiger partial charge < -0.3 is 59.8 Å². The molecule has 0 aliphatic carbocycles. The van der Waals surface area contributed by atoms with Crippen molar-refractivity contribution in [1.82, 2.24) is 0 Å². The Morgan fingerprint density at radius 3 is 2.36 bits per heavy atom. The van der Waals surface area contributed by atoms with E-state index in [1.807, 2.05) is 0 Å². The summed E-state index contributed by atoms with van der Waals surface area (Å²) in [5.41, 5.74) is -1.39. The second-order valence-electron chi connectivity index (χ2n) is 9.28. The largest absolute Gasteiger partial charge is 0.508 e. The Hall–Kier alpha value is -3.11. The van der Waals surface area contributed by atoms with Gasteiger partial charge in [0.25, 0.3) is 0 Å². The zero-order valence-corrected chi connectivity index (χ0v) is 20.5. The first kappa shape index (κ1) is 28.9. The summed E-state index contributed by atoms with van der Waals surface area (Å²) >= 11 is 0. The van der Waals surface area contributed by atoms with Crippen LogP contribution in [0, 0.1) is 0 Å². The highest BCUT2D eigenvalue weighted by Crippen LogP contribution is 2.32. The number of ether oxygens (including phenoxy) is 4. The summed E-state index contributed by atoms with van der Waals surface area (Å²) in [7, 11) is 0. The van der Waals surface area contributed by atoms with Crippen LogP contribution in [0.4, 0.5) is 0 Å². The topological polar surface area (TPSA) is 216 Å². The number of carbonyl (C=O) groups excluding carboxylic acids is 1. The molecule has 0 bridgehead atoms. The molecule has 2 heterocycles. The molecule has 2 fully saturated rings. The van der Waals surface area contributed by atoms with E-state index in [4.69, 9.17) is 18.9 Å². The number of rotatable bonds is 9. The van der Waals surface area contributed by atoms with Gasteiger partial charge in [0.1, 0.15) is 47.3 Å². The lowest BCUT2D eigenvalue weighted by atomic mass is 9.98. The number of aliphatic hydroxyl groups excluding tert-OH is 5. The molecule has 0 saturated carbocycles. The third kappa shape index (κ3) is 6.22. The maximum atomic E-state index is 12.4.